The first-order valence-electron chi connectivity index (χ1n) is 8.43. The molecule has 1 aromatic rings. The Morgan fingerprint density at radius 2 is 1.72 bits per heavy atom. The van der Waals surface area contributed by atoms with Crippen LogP contribution in [0.3, 0.4) is 0 Å². The van der Waals surface area contributed by atoms with Crippen LogP contribution >= 0.6 is 12.4 Å². The molecule has 3 rings (SSSR count). The van der Waals surface area contributed by atoms with E-state index in [-0.39, 0.29) is 30.3 Å². The van der Waals surface area contributed by atoms with Gasteiger partial charge in [0, 0.05) is 12.6 Å². The van der Waals surface area contributed by atoms with Crippen LogP contribution in [0, 0.1) is 11.8 Å². The Labute approximate surface area is 153 Å². The fourth-order valence-corrected chi connectivity index (χ4v) is 3.31. The van der Waals surface area contributed by atoms with Gasteiger partial charge < -0.3 is 11.1 Å². The Balaban J connectivity index is 0.00000225. The lowest BCUT2D eigenvalue weighted by Crippen LogP contribution is -2.55. The molecule has 0 radical (unpaired) electrons. The zero-order chi connectivity index (χ0) is 17.4. The average Bonchev–Trinajstić information content (AvgIpc) is 3.37. The van der Waals surface area contributed by atoms with Crippen LogP contribution in [0.2, 0.25) is 0 Å². The molecule has 0 aromatic heterocycles. The minimum absolute atomic E-state index is 0. The standard InChI is InChI=1S/C18H23N3O3.ClH/c1-10(2)15(16(22)20-14(9-19)11-7-8-11)21-17(23)12-5-3-4-6-13(12)18(21)24;/h3-6,10-11,14-15H,7-9,19H2,1-2H3,(H,20,22);1H. The molecule has 0 spiro atoms. The highest BCUT2D eigenvalue weighted by molar-refractivity contribution is 6.22. The van der Waals surface area contributed by atoms with Gasteiger partial charge in [-0.25, -0.2) is 0 Å². The Morgan fingerprint density at radius 1 is 1.20 bits per heavy atom. The summed E-state index contributed by atoms with van der Waals surface area (Å²) in [7, 11) is 0. The molecule has 3 N–H and O–H groups in total. The SMILES string of the molecule is CC(C)C(C(=O)NC(CN)C1CC1)N1C(=O)c2ccccc2C1=O.Cl. The van der Waals surface area contributed by atoms with Gasteiger partial charge in [0.05, 0.1) is 11.1 Å². The van der Waals surface area contributed by atoms with E-state index < -0.39 is 17.9 Å². The minimum Gasteiger partial charge on any atom is -0.350 e. The minimum atomic E-state index is -0.829. The predicted octanol–water partition coefficient (Wildman–Crippen LogP) is 1.58. The average molecular weight is 366 g/mol. The van der Waals surface area contributed by atoms with Crippen molar-refractivity contribution in [3.63, 3.8) is 0 Å². The van der Waals surface area contributed by atoms with Crippen molar-refractivity contribution in [3.05, 3.63) is 35.4 Å². The Kier molecular flexibility index (Phi) is 5.85. The number of carbonyl (C=O) groups is 3. The first kappa shape index (κ1) is 19.4. The maximum Gasteiger partial charge on any atom is 0.262 e. The number of halogens is 1. The summed E-state index contributed by atoms with van der Waals surface area (Å²) in [6.45, 7) is 4.04. The van der Waals surface area contributed by atoms with E-state index in [1.807, 2.05) is 13.8 Å². The zero-order valence-electron chi connectivity index (χ0n) is 14.4. The molecule has 1 aromatic carbocycles. The van der Waals surface area contributed by atoms with Gasteiger partial charge in [-0.15, -0.1) is 12.4 Å². The number of fused-ring (bicyclic) bond motifs is 1. The second-order valence-corrected chi connectivity index (χ2v) is 6.90. The highest BCUT2D eigenvalue weighted by Crippen LogP contribution is 2.33. The van der Waals surface area contributed by atoms with Gasteiger partial charge in [0.2, 0.25) is 5.91 Å². The molecule has 2 aliphatic rings. The van der Waals surface area contributed by atoms with Crippen LogP contribution in [0.25, 0.3) is 0 Å². The van der Waals surface area contributed by atoms with Crippen molar-refractivity contribution in [1.82, 2.24) is 10.2 Å². The van der Waals surface area contributed by atoms with Gasteiger partial charge in [-0.05, 0) is 36.8 Å². The summed E-state index contributed by atoms with van der Waals surface area (Å²) in [5.41, 5.74) is 6.47. The quantitative estimate of drug-likeness (QED) is 0.748. The number of nitrogens with zero attached hydrogens (tertiary/aromatic N) is 1. The molecule has 1 saturated carbocycles. The van der Waals surface area contributed by atoms with Crippen LogP contribution in [-0.2, 0) is 4.79 Å². The van der Waals surface area contributed by atoms with E-state index in [9.17, 15) is 14.4 Å². The first-order valence-corrected chi connectivity index (χ1v) is 8.43. The third-order valence-electron chi connectivity index (χ3n) is 4.78. The summed E-state index contributed by atoms with van der Waals surface area (Å²) < 4.78 is 0. The van der Waals surface area contributed by atoms with Crippen molar-refractivity contribution in [1.29, 1.82) is 0 Å². The number of benzene rings is 1. The number of nitrogens with one attached hydrogen (secondary N) is 1. The Bertz CT molecular complexity index is 653. The van der Waals surface area contributed by atoms with E-state index in [1.165, 1.54) is 0 Å². The molecule has 1 aliphatic heterocycles. The first-order chi connectivity index (χ1) is 11.5. The van der Waals surface area contributed by atoms with Crippen molar-refractivity contribution in [2.45, 2.75) is 38.8 Å². The lowest BCUT2D eigenvalue weighted by Gasteiger charge is -2.30. The van der Waals surface area contributed by atoms with Crippen molar-refractivity contribution < 1.29 is 14.4 Å². The number of nitrogens with two attached hydrogens (primary N) is 1. The summed E-state index contributed by atoms with van der Waals surface area (Å²) in [5.74, 6) is -0.888. The number of carbonyl (C=O) groups excluding carboxylic acids is 3. The van der Waals surface area contributed by atoms with Gasteiger partial charge in [0.15, 0.2) is 0 Å². The number of hydrogen-bond acceptors (Lipinski definition) is 4. The maximum absolute atomic E-state index is 12.8. The molecule has 0 bridgehead atoms. The summed E-state index contributed by atoms with van der Waals surface area (Å²) in [5, 5.41) is 2.94. The lowest BCUT2D eigenvalue weighted by atomic mass is 10.0. The van der Waals surface area contributed by atoms with Crippen LogP contribution in [0.4, 0.5) is 0 Å². The smallest absolute Gasteiger partial charge is 0.262 e. The predicted molar refractivity (Wildman–Crippen MR) is 96.5 cm³/mol. The molecule has 1 fully saturated rings. The van der Waals surface area contributed by atoms with E-state index in [2.05, 4.69) is 5.32 Å². The van der Waals surface area contributed by atoms with Gasteiger partial charge in [-0.2, -0.15) is 0 Å². The van der Waals surface area contributed by atoms with Crippen molar-refractivity contribution in [3.8, 4) is 0 Å². The van der Waals surface area contributed by atoms with Gasteiger partial charge in [-0.3, -0.25) is 19.3 Å². The normalized spacial score (nSPS) is 18.6. The van der Waals surface area contributed by atoms with E-state index in [0.717, 1.165) is 17.7 Å². The van der Waals surface area contributed by atoms with Gasteiger partial charge in [0.1, 0.15) is 6.04 Å². The summed E-state index contributed by atoms with van der Waals surface area (Å²) in [6, 6.07) is 5.76. The number of imide groups is 1. The second kappa shape index (κ2) is 7.54. The largest absolute Gasteiger partial charge is 0.350 e. The number of hydrogen-bond donors (Lipinski definition) is 2. The molecule has 2 atom stereocenters. The maximum atomic E-state index is 12.8. The highest BCUT2D eigenvalue weighted by atomic mass is 35.5. The molecule has 0 saturated heterocycles. The van der Waals surface area contributed by atoms with Crippen molar-refractivity contribution in [2.24, 2.45) is 17.6 Å². The third-order valence-corrected chi connectivity index (χ3v) is 4.78. The van der Waals surface area contributed by atoms with E-state index in [4.69, 9.17) is 5.73 Å². The van der Waals surface area contributed by atoms with Crippen LogP contribution in [-0.4, -0.2) is 41.2 Å². The molecular weight excluding hydrogens is 342 g/mol. The molecule has 1 heterocycles. The highest BCUT2D eigenvalue weighted by Gasteiger charge is 2.44. The monoisotopic (exact) mass is 365 g/mol. The molecular formula is C18H24ClN3O3. The van der Waals surface area contributed by atoms with Crippen LogP contribution in [0.1, 0.15) is 47.4 Å². The molecule has 1 aliphatic carbocycles. The zero-order valence-corrected chi connectivity index (χ0v) is 15.2. The van der Waals surface area contributed by atoms with Crippen LogP contribution in [0.15, 0.2) is 24.3 Å². The number of amides is 3. The summed E-state index contributed by atoms with van der Waals surface area (Å²) in [4.78, 5) is 39.2. The second-order valence-electron chi connectivity index (χ2n) is 6.90. The van der Waals surface area contributed by atoms with Crippen LogP contribution in [0.5, 0.6) is 0 Å². The van der Waals surface area contributed by atoms with Crippen molar-refractivity contribution in [2.75, 3.05) is 6.54 Å². The Hall–Kier alpha value is -1.92. The molecule has 2 unspecified atom stereocenters. The molecule has 25 heavy (non-hydrogen) atoms. The fraction of sp³-hybridized carbons (Fsp3) is 0.500. The van der Waals surface area contributed by atoms with Gasteiger partial charge in [0.25, 0.3) is 11.8 Å². The topological polar surface area (TPSA) is 92.5 Å². The van der Waals surface area contributed by atoms with Gasteiger partial charge >= 0.3 is 0 Å². The molecule has 3 amide bonds. The van der Waals surface area contributed by atoms with E-state index in [1.54, 1.807) is 24.3 Å². The third kappa shape index (κ3) is 3.55. The Morgan fingerprint density at radius 3 is 2.12 bits per heavy atom. The van der Waals surface area contributed by atoms with E-state index in [0.29, 0.717) is 23.6 Å². The fourth-order valence-electron chi connectivity index (χ4n) is 3.31. The molecule has 7 heteroatoms. The summed E-state index contributed by atoms with van der Waals surface area (Å²) >= 11 is 0. The van der Waals surface area contributed by atoms with Gasteiger partial charge in [-0.1, -0.05) is 26.0 Å². The van der Waals surface area contributed by atoms with Crippen LogP contribution < -0.4 is 11.1 Å². The lowest BCUT2D eigenvalue weighted by molar-refractivity contribution is -0.127. The molecule has 136 valence electrons. The summed E-state index contributed by atoms with van der Waals surface area (Å²) in [6.07, 6.45) is 2.11. The van der Waals surface area contributed by atoms with Crippen molar-refractivity contribution >= 4 is 30.1 Å². The number of rotatable bonds is 6. The van der Waals surface area contributed by atoms with E-state index >= 15 is 0 Å². The molecule has 6 nitrogen and oxygen atoms in total.